The average Bonchev–Trinajstić information content (AvgIpc) is 2.31. The van der Waals surface area contributed by atoms with Crippen LogP contribution in [0.25, 0.3) is 0 Å². The van der Waals surface area contributed by atoms with E-state index in [0.29, 0.717) is 0 Å². The van der Waals surface area contributed by atoms with E-state index in [2.05, 4.69) is 43.7 Å². The number of hydrogen-bond donors (Lipinski definition) is 0. The van der Waals surface area contributed by atoms with E-state index in [-0.39, 0.29) is 0 Å². The van der Waals surface area contributed by atoms with Crippen LogP contribution in [0.3, 0.4) is 0 Å². The van der Waals surface area contributed by atoms with Crippen LogP contribution in [0.2, 0.25) is 0 Å². The first-order valence-electron chi connectivity index (χ1n) is 7.29. The fourth-order valence-corrected chi connectivity index (χ4v) is 1.93. The first-order chi connectivity index (χ1) is 9.74. The van der Waals surface area contributed by atoms with E-state index in [1.165, 1.54) is 49.9 Å². The molecule has 22 heavy (non-hydrogen) atoms. The van der Waals surface area contributed by atoms with E-state index in [1.807, 2.05) is 0 Å². The molecule has 0 spiro atoms. The second-order valence-corrected chi connectivity index (χ2v) is 7.16. The first-order valence-corrected chi connectivity index (χ1v) is 9.31. The summed E-state index contributed by atoms with van der Waals surface area (Å²) in [7, 11) is -10.7. The molecule has 0 aliphatic heterocycles. The Labute approximate surface area is 127 Å². The van der Waals surface area contributed by atoms with Crippen LogP contribution in [0.5, 0.6) is 0 Å². The first kappa shape index (κ1) is 21.2. The van der Waals surface area contributed by atoms with Crippen molar-refractivity contribution in [3.8, 4) is 0 Å². The predicted octanol–water partition coefficient (Wildman–Crippen LogP) is 6.81. The van der Waals surface area contributed by atoms with Crippen LogP contribution < -0.4 is 4.57 Å². The summed E-state index contributed by atoms with van der Waals surface area (Å²) in [5, 5.41) is 0. The van der Waals surface area contributed by atoms with E-state index >= 15 is 0 Å². The summed E-state index contributed by atoms with van der Waals surface area (Å²) in [6.45, 7) is 7.92. The number of pyridine rings is 1. The molecule has 0 saturated carbocycles. The van der Waals surface area contributed by atoms with Gasteiger partial charge in [0.25, 0.3) is 0 Å². The molecule has 0 radical (unpaired) electrons. The molecular formula is C14H24F6NP. The molecule has 1 nitrogen and oxygen atoms in total. The molecule has 0 aromatic carbocycles. The topological polar surface area (TPSA) is 3.88 Å². The Kier molecular flexibility index (Phi) is 6.88. The third-order valence-electron chi connectivity index (χ3n) is 2.93. The van der Waals surface area contributed by atoms with Gasteiger partial charge < -0.3 is 0 Å². The van der Waals surface area contributed by atoms with E-state index in [0.717, 1.165) is 0 Å². The third-order valence-corrected chi connectivity index (χ3v) is 2.93. The van der Waals surface area contributed by atoms with Crippen LogP contribution in [-0.4, -0.2) is 0 Å². The summed E-state index contributed by atoms with van der Waals surface area (Å²) < 4.78 is 61.6. The summed E-state index contributed by atoms with van der Waals surface area (Å²) in [6, 6.07) is 4.40. The summed E-state index contributed by atoms with van der Waals surface area (Å²) in [5.41, 5.74) is 2.98. The zero-order valence-corrected chi connectivity index (χ0v) is 14.0. The Hall–Kier alpha value is -0.840. The van der Waals surface area contributed by atoms with Gasteiger partial charge in [0.1, 0.15) is 6.54 Å². The van der Waals surface area contributed by atoms with Crippen molar-refractivity contribution in [3.63, 3.8) is 0 Å². The van der Waals surface area contributed by atoms with Gasteiger partial charge in [0.2, 0.25) is 0 Å². The number of aromatic nitrogens is 1. The summed E-state index contributed by atoms with van der Waals surface area (Å²) >= 11 is 0. The summed E-state index contributed by atoms with van der Waals surface area (Å²) in [5.74, 6) is 0. The average molecular weight is 351 g/mol. The minimum atomic E-state index is -10.7. The second kappa shape index (κ2) is 7.16. The monoisotopic (exact) mass is 351 g/mol. The van der Waals surface area contributed by atoms with E-state index in [1.54, 1.807) is 0 Å². The minimum absolute atomic E-state index is 1.18. The Bertz CT molecular complexity index is 458. The molecule has 1 heterocycles. The van der Waals surface area contributed by atoms with Crippen molar-refractivity contribution in [1.82, 2.24) is 0 Å². The van der Waals surface area contributed by atoms with Gasteiger partial charge in [0, 0.05) is 24.5 Å². The van der Waals surface area contributed by atoms with Crippen molar-refractivity contribution in [3.05, 3.63) is 29.6 Å². The fraction of sp³-hybridized carbons (Fsp3) is 0.643. The van der Waals surface area contributed by atoms with Gasteiger partial charge >= 0.3 is 33.0 Å². The van der Waals surface area contributed by atoms with Crippen molar-refractivity contribution in [2.75, 3.05) is 0 Å². The van der Waals surface area contributed by atoms with Crippen LogP contribution in [-0.2, 0) is 13.0 Å². The maximum absolute atomic E-state index is 10.7. The molecule has 0 aliphatic carbocycles. The SMILES string of the molecule is CCCCc1c(C)ccc[n+]1CCCC.F[P-](F)(F)(F)(F)F. The van der Waals surface area contributed by atoms with Gasteiger partial charge in [-0.1, -0.05) is 26.7 Å². The van der Waals surface area contributed by atoms with Crippen molar-refractivity contribution in [2.45, 2.75) is 59.4 Å². The molecule has 0 amide bonds. The van der Waals surface area contributed by atoms with Crippen LogP contribution in [0, 0.1) is 6.92 Å². The van der Waals surface area contributed by atoms with Crippen molar-refractivity contribution >= 4 is 7.81 Å². The van der Waals surface area contributed by atoms with Gasteiger partial charge in [-0.15, -0.1) is 0 Å². The number of unbranched alkanes of at least 4 members (excludes halogenated alkanes) is 2. The zero-order chi connectivity index (χ0) is 17.5. The molecule has 0 aliphatic rings. The quantitative estimate of drug-likeness (QED) is 0.301. The molecule has 0 N–H and O–H groups in total. The molecule has 0 bridgehead atoms. The Balaban J connectivity index is 0.000000534. The molecule has 1 aromatic heterocycles. The van der Waals surface area contributed by atoms with Gasteiger partial charge in [-0.3, -0.25) is 0 Å². The van der Waals surface area contributed by atoms with Gasteiger partial charge in [-0.25, -0.2) is 4.57 Å². The Morgan fingerprint density at radius 1 is 0.955 bits per heavy atom. The molecule has 132 valence electrons. The van der Waals surface area contributed by atoms with E-state index in [9.17, 15) is 25.2 Å². The van der Waals surface area contributed by atoms with Gasteiger partial charge in [0.15, 0.2) is 11.9 Å². The zero-order valence-electron chi connectivity index (χ0n) is 13.1. The van der Waals surface area contributed by atoms with Crippen LogP contribution in [0.4, 0.5) is 25.2 Å². The molecule has 0 atom stereocenters. The molecule has 1 rings (SSSR count). The molecule has 0 unspecified atom stereocenters. The maximum atomic E-state index is 9.87. The molecule has 0 saturated heterocycles. The van der Waals surface area contributed by atoms with Crippen molar-refractivity contribution in [1.29, 1.82) is 0 Å². The Morgan fingerprint density at radius 2 is 1.45 bits per heavy atom. The molecule has 1 aromatic rings. The second-order valence-electron chi connectivity index (χ2n) is 5.25. The van der Waals surface area contributed by atoms with E-state index < -0.39 is 7.81 Å². The van der Waals surface area contributed by atoms with Gasteiger partial charge in [-0.2, -0.15) is 0 Å². The number of nitrogens with zero attached hydrogens (tertiary/aromatic N) is 1. The van der Waals surface area contributed by atoms with Crippen molar-refractivity contribution < 1.29 is 29.7 Å². The number of hydrogen-bond acceptors (Lipinski definition) is 0. The summed E-state index contributed by atoms with van der Waals surface area (Å²) in [4.78, 5) is 0. The normalized spacial score (nSPS) is 14.6. The number of aryl methyl sites for hydroxylation is 2. The predicted molar refractivity (Wildman–Crippen MR) is 78.5 cm³/mol. The van der Waals surface area contributed by atoms with Gasteiger partial charge in [0.05, 0.1) is 0 Å². The van der Waals surface area contributed by atoms with Gasteiger partial charge in [-0.05, 0) is 19.4 Å². The summed E-state index contributed by atoms with van der Waals surface area (Å²) in [6.07, 6.45) is 8.60. The van der Waals surface area contributed by atoms with Crippen LogP contribution >= 0.6 is 7.81 Å². The number of rotatable bonds is 6. The fourth-order valence-electron chi connectivity index (χ4n) is 1.93. The third kappa shape index (κ3) is 14.1. The molecule has 8 heteroatoms. The Morgan fingerprint density at radius 3 is 1.91 bits per heavy atom. The van der Waals surface area contributed by atoms with E-state index in [4.69, 9.17) is 0 Å². The van der Waals surface area contributed by atoms with Crippen LogP contribution in [0.1, 0.15) is 50.8 Å². The van der Waals surface area contributed by atoms with Crippen LogP contribution in [0.15, 0.2) is 18.3 Å². The molecular weight excluding hydrogens is 327 g/mol. The standard InChI is InChI=1S/C14H24N.F6P/c1-4-6-10-14-13(3)9-8-12-15(14)11-7-5-2;1-7(2,3,4,5)6/h8-9,12H,4-7,10-11H2,1-3H3;/q+1;-1. The number of halogens is 6. The van der Waals surface area contributed by atoms with Crippen molar-refractivity contribution in [2.24, 2.45) is 0 Å². The molecule has 0 fully saturated rings.